The van der Waals surface area contributed by atoms with Crippen LogP contribution >= 0.6 is 22.9 Å². The van der Waals surface area contributed by atoms with E-state index in [1.807, 2.05) is 54.6 Å². The highest BCUT2D eigenvalue weighted by Gasteiger charge is 2.00. The van der Waals surface area contributed by atoms with Gasteiger partial charge in [0.1, 0.15) is 11.5 Å². The topological polar surface area (TPSA) is 34.2 Å². The molecule has 21 heavy (non-hydrogen) atoms. The van der Waals surface area contributed by atoms with E-state index in [1.54, 1.807) is 6.20 Å². The predicted molar refractivity (Wildman–Crippen MR) is 87.4 cm³/mol. The van der Waals surface area contributed by atoms with Crippen LogP contribution in [-0.4, -0.2) is 4.98 Å². The van der Waals surface area contributed by atoms with Crippen LogP contribution in [0.2, 0.25) is 4.47 Å². The van der Waals surface area contributed by atoms with Gasteiger partial charge in [0.2, 0.25) is 0 Å². The van der Waals surface area contributed by atoms with Gasteiger partial charge in [0.15, 0.2) is 4.47 Å². The maximum absolute atomic E-state index is 5.80. The molecule has 106 valence electrons. The van der Waals surface area contributed by atoms with Crippen molar-refractivity contribution in [1.29, 1.82) is 0 Å². The molecule has 1 N–H and O–H groups in total. The third-order valence-electron chi connectivity index (χ3n) is 2.83. The SMILES string of the molecule is Clc1ncc(CNc2ccc(Oc3ccccc3)cc2)s1. The standard InChI is InChI=1S/C16H13ClN2OS/c17-16-19-11-15(21-16)10-18-12-6-8-14(9-7-12)20-13-4-2-1-3-5-13/h1-9,11,18H,10H2. The number of halogens is 1. The Morgan fingerprint density at radius 1 is 1.00 bits per heavy atom. The van der Waals surface area contributed by atoms with E-state index in [1.165, 1.54) is 11.3 Å². The Labute approximate surface area is 132 Å². The molecule has 0 spiro atoms. The summed E-state index contributed by atoms with van der Waals surface area (Å²) in [5, 5.41) is 3.32. The molecule has 3 rings (SSSR count). The molecule has 2 aromatic carbocycles. The van der Waals surface area contributed by atoms with Crippen molar-refractivity contribution in [1.82, 2.24) is 4.98 Å². The average Bonchev–Trinajstić information content (AvgIpc) is 2.93. The summed E-state index contributed by atoms with van der Waals surface area (Å²) in [6, 6.07) is 17.6. The van der Waals surface area contributed by atoms with E-state index in [0.717, 1.165) is 22.1 Å². The van der Waals surface area contributed by atoms with Gasteiger partial charge in [-0.3, -0.25) is 0 Å². The molecule has 0 saturated heterocycles. The first-order valence-electron chi connectivity index (χ1n) is 6.47. The lowest BCUT2D eigenvalue weighted by molar-refractivity contribution is 0.483. The number of ether oxygens (including phenoxy) is 1. The Kier molecular flexibility index (Phi) is 4.38. The van der Waals surface area contributed by atoms with Gasteiger partial charge >= 0.3 is 0 Å². The molecular weight excluding hydrogens is 304 g/mol. The Morgan fingerprint density at radius 3 is 2.38 bits per heavy atom. The maximum atomic E-state index is 5.80. The molecule has 3 nitrogen and oxygen atoms in total. The van der Waals surface area contributed by atoms with Crippen molar-refractivity contribution >= 4 is 28.6 Å². The minimum Gasteiger partial charge on any atom is -0.457 e. The second kappa shape index (κ2) is 6.61. The molecule has 0 bridgehead atoms. The first kappa shape index (κ1) is 13.9. The summed E-state index contributed by atoms with van der Waals surface area (Å²) in [7, 11) is 0. The number of rotatable bonds is 5. The predicted octanol–water partition coefficient (Wildman–Crippen LogP) is 5.20. The second-order valence-electron chi connectivity index (χ2n) is 4.37. The van der Waals surface area contributed by atoms with Crippen molar-refractivity contribution in [2.45, 2.75) is 6.54 Å². The van der Waals surface area contributed by atoms with E-state index >= 15 is 0 Å². The summed E-state index contributed by atoms with van der Waals surface area (Å²) in [6.07, 6.45) is 1.78. The fraction of sp³-hybridized carbons (Fsp3) is 0.0625. The molecule has 3 aromatic rings. The monoisotopic (exact) mass is 316 g/mol. The van der Waals surface area contributed by atoms with Gasteiger partial charge in [-0.1, -0.05) is 29.8 Å². The normalized spacial score (nSPS) is 10.3. The zero-order valence-corrected chi connectivity index (χ0v) is 12.7. The van der Waals surface area contributed by atoms with E-state index in [2.05, 4.69) is 10.3 Å². The quantitative estimate of drug-likeness (QED) is 0.702. The number of nitrogens with zero attached hydrogens (tertiary/aromatic N) is 1. The first-order valence-corrected chi connectivity index (χ1v) is 7.66. The lowest BCUT2D eigenvalue weighted by Gasteiger charge is -2.08. The highest BCUT2D eigenvalue weighted by Crippen LogP contribution is 2.23. The molecule has 0 radical (unpaired) electrons. The van der Waals surface area contributed by atoms with Gasteiger partial charge in [0.25, 0.3) is 0 Å². The van der Waals surface area contributed by atoms with Crippen LogP contribution in [0.3, 0.4) is 0 Å². The molecule has 0 atom stereocenters. The number of thiazole rings is 1. The summed E-state index contributed by atoms with van der Waals surface area (Å²) >= 11 is 7.28. The summed E-state index contributed by atoms with van der Waals surface area (Å²) in [4.78, 5) is 5.12. The molecule has 0 saturated carbocycles. The average molecular weight is 317 g/mol. The van der Waals surface area contributed by atoms with Gasteiger partial charge in [-0.15, -0.1) is 11.3 Å². The number of para-hydroxylation sites is 1. The smallest absolute Gasteiger partial charge is 0.183 e. The van der Waals surface area contributed by atoms with E-state index in [4.69, 9.17) is 16.3 Å². The third-order valence-corrected chi connectivity index (χ3v) is 3.94. The molecule has 1 heterocycles. The molecule has 0 aliphatic carbocycles. The number of anilines is 1. The van der Waals surface area contributed by atoms with E-state index in [0.29, 0.717) is 11.0 Å². The van der Waals surface area contributed by atoms with Crippen molar-refractivity contribution in [2.75, 3.05) is 5.32 Å². The zero-order valence-electron chi connectivity index (χ0n) is 11.1. The Bertz CT molecular complexity index is 698. The summed E-state index contributed by atoms with van der Waals surface area (Å²) in [5.41, 5.74) is 1.03. The Morgan fingerprint density at radius 2 is 1.71 bits per heavy atom. The van der Waals surface area contributed by atoms with Crippen molar-refractivity contribution in [2.24, 2.45) is 0 Å². The summed E-state index contributed by atoms with van der Waals surface area (Å²) < 4.78 is 6.31. The second-order valence-corrected chi connectivity index (χ2v) is 6.07. The number of aromatic nitrogens is 1. The van der Waals surface area contributed by atoms with Crippen molar-refractivity contribution in [3.63, 3.8) is 0 Å². The molecule has 5 heteroatoms. The highest BCUT2D eigenvalue weighted by molar-refractivity contribution is 7.15. The third kappa shape index (κ3) is 3.97. The largest absolute Gasteiger partial charge is 0.457 e. The Hall–Kier alpha value is -2.04. The van der Waals surface area contributed by atoms with Gasteiger partial charge in [-0.05, 0) is 36.4 Å². The molecule has 0 unspecified atom stereocenters. The van der Waals surface area contributed by atoms with Crippen LogP contribution in [-0.2, 0) is 6.54 Å². The van der Waals surface area contributed by atoms with Gasteiger partial charge in [-0.25, -0.2) is 4.98 Å². The van der Waals surface area contributed by atoms with Crippen LogP contribution in [0.5, 0.6) is 11.5 Å². The fourth-order valence-electron chi connectivity index (χ4n) is 1.82. The van der Waals surface area contributed by atoms with E-state index in [9.17, 15) is 0 Å². The molecular formula is C16H13ClN2OS. The highest BCUT2D eigenvalue weighted by atomic mass is 35.5. The zero-order chi connectivity index (χ0) is 14.5. The van der Waals surface area contributed by atoms with Crippen molar-refractivity contribution in [3.8, 4) is 11.5 Å². The molecule has 0 fully saturated rings. The van der Waals surface area contributed by atoms with E-state index in [-0.39, 0.29) is 0 Å². The fourth-order valence-corrected chi connectivity index (χ4v) is 2.74. The van der Waals surface area contributed by atoms with Crippen molar-refractivity contribution in [3.05, 3.63) is 70.1 Å². The van der Waals surface area contributed by atoms with Crippen LogP contribution in [0.15, 0.2) is 60.8 Å². The molecule has 0 aliphatic rings. The number of nitrogens with one attached hydrogen (secondary N) is 1. The van der Waals surface area contributed by atoms with Gasteiger partial charge in [-0.2, -0.15) is 0 Å². The van der Waals surface area contributed by atoms with Crippen LogP contribution in [0, 0.1) is 0 Å². The van der Waals surface area contributed by atoms with Gasteiger partial charge in [0, 0.05) is 16.8 Å². The number of hydrogen-bond acceptors (Lipinski definition) is 4. The molecule has 0 amide bonds. The summed E-state index contributed by atoms with van der Waals surface area (Å²) in [5.74, 6) is 1.64. The minimum atomic E-state index is 0.568. The van der Waals surface area contributed by atoms with Crippen LogP contribution in [0.25, 0.3) is 0 Å². The van der Waals surface area contributed by atoms with Crippen LogP contribution < -0.4 is 10.1 Å². The first-order chi connectivity index (χ1) is 10.3. The summed E-state index contributed by atoms with van der Waals surface area (Å²) in [6.45, 7) is 0.712. The number of benzene rings is 2. The molecule has 0 aliphatic heterocycles. The lowest BCUT2D eigenvalue weighted by atomic mass is 10.3. The van der Waals surface area contributed by atoms with Gasteiger partial charge in [0.05, 0.1) is 6.54 Å². The maximum Gasteiger partial charge on any atom is 0.183 e. The van der Waals surface area contributed by atoms with Gasteiger partial charge < -0.3 is 10.1 Å². The number of hydrogen-bond donors (Lipinski definition) is 1. The van der Waals surface area contributed by atoms with Crippen molar-refractivity contribution < 1.29 is 4.74 Å². The van der Waals surface area contributed by atoms with E-state index < -0.39 is 0 Å². The molecule has 1 aromatic heterocycles. The Balaban J connectivity index is 1.59. The van der Waals surface area contributed by atoms with Crippen LogP contribution in [0.4, 0.5) is 5.69 Å². The van der Waals surface area contributed by atoms with Crippen LogP contribution in [0.1, 0.15) is 4.88 Å². The minimum absolute atomic E-state index is 0.568. The lowest BCUT2D eigenvalue weighted by Crippen LogP contribution is -1.97.